The van der Waals surface area contributed by atoms with Crippen LogP contribution in [0.5, 0.6) is 0 Å². The first-order chi connectivity index (χ1) is 9.34. The molecule has 5 nitrogen and oxygen atoms in total. The molecule has 0 radical (unpaired) electrons. The fourth-order valence-electron chi connectivity index (χ4n) is 1.47. The lowest BCUT2D eigenvalue weighted by molar-refractivity contribution is 0.350. The van der Waals surface area contributed by atoms with Gasteiger partial charge in [-0.1, -0.05) is 25.7 Å². The first kappa shape index (κ1) is 16.5. The van der Waals surface area contributed by atoms with Crippen molar-refractivity contribution < 1.29 is 13.5 Å². The number of aliphatic hydroxyl groups is 1. The second kappa shape index (κ2) is 7.29. The van der Waals surface area contributed by atoms with E-state index in [1.54, 1.807) is 18.2 Å². The highest BCUT2D eigenvalue weighted by Crippen LogP contribution is 2.15. The molecule has 20 heavy (non-hydrogen) atoms. The Bertz CT molecular complexity index is 613. The summed E-state index contributed by atoms with van der Waals surface area (Å²) in [4.78, 5) is 0. The summed E-state index contributed by atoms with van der Waals surface area (Å²) in [6, 6.07) is 5.07. The van der Waals surface area contributed by atoms with Crippen LogP contribution in [0.15, 0.2) is 18.2 Å². The van der Waals surface area contributed by atoms with Crippen LogP contribution < -0.4 is 9.44 Å². The van der Waals surface area contributed by atoms with E-state index >= 15 is 0 Å². The van der Waals surface area contributed by atoms with Gasteiger partial charge in [-0.2, -0.15) is 13.1 Å². The van der Waals surface area contributed by atoms with E-state index in [4.69, 9.17) is 5.11 Å². The summed E-state index contributed by atoms with van der Waals surface area (Å²) in [6.45, 7) is 5.88. The second-order valence-electron chi connectivity index (χ2n) is 4.84. The zero-order valence-electron chi connectivity index (χ0n) is 11.9. The zero-order valence-corrected chi connectivity index (χ0v) is 12.7. The first-order valence-corrected chi connectivity index (χ1v) is 7.80. The molecular formula is C14H20N2O3S. The normalized spacial score (nSPS) is 11.1. The van der Waals surface area contributed by atoms with E-state index < -0.39 is 10.2 Å². The van der Waals surface area contributed by atoms with E-state index in [2.05, 4.69) is 21.3 Å². The number of aryl methyl sites for hydroxylation is 1. The van der Waals surface area contributed by atoms with Gasteiger partial charge in [-0.05, 0) is 36.6 Å². The predicted molar refractivity (Wildman–Crippen MR) is 80.5 cm³/mol. The Morgan fingerprint density at radius 3 is 2.60 bits per heavy atom. The van der Waals surface area contributed by atoms with Crippen molar-refractivity contribution in [1.82, 2.24) is 4.72 Å². The van der Waals surface area contributed by atoms with E-state index in [0.717, 1.165) is 11.1 Å². The van der Waals surface area contributed by atoms with Gasteiger partial charge in [0.15, 0.2) is 0 Å². The number of hydrogen-bond donors (Lipinski definition) is 3. The van der Waals surface area contributed by atoms with E-state index in [9.17, 15) is 8.42 Å². The van der Waals surface area contributed by atoms with Crippen molar-refractivity contribution in [2.24, 2.45) is 5.92 Å². The molecule has 1 rings (SSSR count). The van der Waals surface area contributed by atoms with Crippen molar-refractivity contribution in [1.29, 1.82) is 0 Å². The molecule has 0 saturated carbocycles. The highest BCUT2D eigenvalue weighted by molar-refractivity contribution is 7.90. The van der Waals surface area contributed by atoms with Crippen LogP contribution in [0, 0.1) is 24.7 Å². The van der Waals surface area contributed by atoms with Crippen LogP contribution >= 0.6 is 0 Å². The molecule has 0 aliphatic rings. The van der Waals surface area contributed by atoms with Crippen LogP contribution in [0.25, 0.3) is 0 Å². The van der Waals surface area contributed by atoms with Crippen LogP contribution in [-0.2, 0) is 10.2 Å². The number of hydrogen-bond acceptors (Lipinski definition) is 3. The molecule has 110 valence electrons. The zero-order chi connectivity index (χ0) is 15.2. The Labute approximate surface area is 120 Å². The van der Waals surface area contributed by atoms with Crippen molar-refractivity contribution in [2.75, 3.05) is 17.9 Å². The van der Waals surface area contributed by atoms with Gasteiger partial charge in [0.05, 0.1) is 5.69 Å². The highest BCUT2D eigenvalue weighted by atomic mass is 32.2. The molecule has 6 heteroatoms. The van der Waals surface area contributed by atoms with Crippen molar-refractivity contribution in [3.8, 4) is 11.8 Å². The summed E-state index contributed by atoms with van der Waals surface area (Å²) in [7, 11) is -3.55. The fourth-order valence-corrected chi connectivity index (χ4v) is 2.53. The minimum Gasteiger partial charge on any atom is -0.384 e. The van der Waals surface area contributed by atoms with Crippen LogP contribution in [-0.4, -0.2) is 26.7 Å². The molecule has 0 fully saturated rings. The van der Waals surface area contributed by atoms with Crippen molar-refractivity contribution in [3.63, 3.8) is 0 Å². The molecule has 1 aromatic rings. The maximum atomic E-state index is 11.8. The Morgan fingerprint density at radius 2 is 2.05 bits per heavy atom. The monoisotopic (exact) mass is 296 g/mol. The SMILES string of the molecule is Cc1cc(NS(=O)(=O)NCC(C)C)ccc1C#CCO. The summed E-state index contributed by atoms with van der Waals surface area (Å²) in [6.07, 6.45) is 0. The molecule has 0 bridgehead atoms. The molecule has 0 aliphatic carbocycles. The lowest BCUT2D eigenvalue weighted by atomic mass is 10.1. The topological polar surface area (TPSA) is 78.4 Å². The van der Waals surface area contributed by atoms with Gasteiger partial charge in [0, 0.05) is 12.1 Å². The van der Waals surface area contributed by atoms with Gasteiger partial charge < -0.3 is 5.11 Å². The van der Waals surface area contributed by atoms with Gasteiger partial charge in [-0.25, -0.2) is 0 Å². The Hall–Kier alpha value is -1.55. The standard InChI is InChI=1S/C14H20N2O3S/c1-11(2)10-15-20(18,19)16-14-7-6-13(5-4-8-17)12(3)9-14/h6-7,9,11,15-17H,8,10H2,1-3H3. The lowest BCUT2D eigenvalue weighted by Crippen LogP contribution is -2.32. The molecule has 0 atom stereocenters. The maximum absolute atomic E-state index is 11.8. The van der Waals surface area contributed by atoms with Crippen LogP contribution in [0.3, 0.4) is 0 Å². The average Bonchev–Trinajstić information content (AvgIpc) is 2.35. The van der Waals surface area contributed by atoms with E-state index in [1.807, 2.05) is 20.8 Å². The van der Waals surface area contributed by atoms with Gasteiger partial charge in [0.2, 0.25) is 0 Å². The third kappa shape index (κ3) is 5.61. The quantitative estimate of drug-likeness (QED) is 0.715. The van der Waals surface area contributed by atoms with Crippen molar-refractivity contribution >= 4 is 15.9 Å². The Kier molecular flexibility index (Phi) is 6.02. The molecule has 0 aromatic heterocycles. The molecule has 0 amide bonds. The molecule has 0 aliphatic heterocycles. The molecule has 0 spiro atoms. The summed E-state index contributed by atoms with van der Waals surface area (Å²) in [5.41, 5.74) is 2.08. The number of benzene rings is 1. The van der Waals surface area contributed by atoms with Crippen molar-refractivity contribution in [2.45, 2.75) is 20.8 Å². The lowest BCUT2D eigenvalue weighted by Gasteiger charge is -2.11. The third-order valence-corrected chi connectivity index (χ3v) is 3.51. The fraction of sp³-hybridized carbons (Fsp3) is 0.429. The number of aliphatic hydroxyl groups excluding tert-OH is 1. The highest BCUT2D eigenvalue weighted by Gasteiger charge is 2.10. The molecule has 0 heterocycles. The third-order valence-electron chi connectivity index (χ3n) is 2.46. The van der Waals surface area contributed by atoms with Crippen molar-refractivity contribution in [3.05, 3.63) is 29.3 Å². The van der Waals surface area contributed by atoms with E-state index in [1.165, 1.54) is 0 Å². The van der Waals surface area contributed by atoms with E-state index in [0.29, 0.717) is 12.2 Å². The summed E-state index contributed by atoms with van der Waals surface area (Å²) in [5, 5.41) is 8.66. The van der Waals surface area contributed by atoms with Gasteiger partial charge in [-0.15, -0.1) is 0 Å². The first-order valence-electron chi connectivity index (χ1n) is 6.32. The molecule has 3 N–H and O–H groups in total. The van der Waals surface area contributed by atoms with Crippen LogP contribution in [0.1, 0.15) is 25.0 Å². The smallest absolute Gasteiger partial charge is 0.299 e. The second-order valence-corrected chi connectivity index (χ2v) is 6.34. The molecule has 1 aromatic carbocycles. The van der Waals surface area contributed by atoms with Gasteiger partial charge in [0.25, 0.3) is 10.2 Å². The van der Waals surface area contributed by atoms with Crippen LogP contribution in [0.2, 0.25) is 0 Å². The minimum absolute atomic E-state index is 0.201. The van der Waals surface area contributed by atoms with Gasteiger partial charge in [0.1, 0.15) is 6.61 Å². The van der Waals surface area contributed by atoms with E-state index in [-0.39, 0.29) is 12.5 Å². The predicted octanol–water partition coefficient (Wildman–Crippen LogP) is 1.24. The summed E-state index contributed by atoms with van der Waals surface area (Å²) in [5.74, 6) is 5.60. The Balaban J connectivity index is 2.81. The largest absolute Gasteiger partial charge is 0.384 e. The number of rotatable bonds is 5. The maximum Gasteiger partial charge on any atom is 0.299 e. The van der Waals surface area contributed by atoms with Crippen LogP contribution in [0.4, 0.5) is 5.69 Å². The van der Waals surface area contributed by atoms with Gasteiger partial charge in [-0.3, -0.25) is 4.72 Å². The number of anilines is 1. The number of nitrogens with one attached hydrogen (secondary N) is 2. The summed E-state index contributed by atoms with van der Waals surface area (Å²) < 4.78 is 28.5. The average molecular weight is 296 g/mol. The van der Waals surface area contributed by atoms with Gasteiger partial charge >= 0.3 is 0 Å². The Morgan fingerprint density at radius 1 is 1.35 bits per heavy atom. The molecule has 0 saturated heterocycles. The molecular weight excluding hydrogens is 276 g/mol. The molecule has 0 unspecified atom stereocenters. The minimum atomic E-state index is -3.55. The summed E-state index contributed by atoms with van der Waals surface area (Å²) >= 11 is 0.